The first kappa shape index (κ1) is 12.1. The lowest BCUT2D eigenvalue weighted by atomic mass is 10.3. The topological polar surface area (TPSA) is 41.1 Å². The number of nitrogens with one attached hydrogen (secondary N) is 1. The Morgan fingerprint density at radius 3 is 2.82 bits per heavy atom. The second-order valence-electron chi connectivity index (χ2n) is 3.84. The van der Waals surface area contributed by atoms with Crippen LogP contribution in [0.3, 0.4) is 0 Å². The molecule has 0 aliphatic heterocycles. The number of rotatable bonds is 5. The second-order valence-corrected chi connectivity index (χ2v) is 4.73. The minimum atomic E-state index is 0.699. The Morgan fingerprint density at radius 2 is 2.18 bits per heavy atom. The molecule has 17 heavy (non-hydrogen) atoms. The van der Waals surface area contributed by atoms with Crippen molar-refractivity contribution in [2.24, 2.45) is 0 Å². The smallest absolute Gasteiger partial charge is 0.225 e. The zero-order valence-corrected chi connectivity index (χ0v) is 11.3. The number of hydrogen-bond acceptors (Lipinski definition) is 5. The highest BCUT2D eigenvalue weighted by Crippen LogP contribution is 2.28. The van der Waals surface area contributed by atoms with Crippen molar-refractivity contribution in [3.8, 4) is 0 Å². The molecule has 92 valence electrons. The first-order valence-corrected chi connectivity index (χ1v) is 6.86. The number of thiophene rings is 1. The summed E-state index contributed by atoms with van der Waals surface area (Å²) in [6.07, 6.45) is 1.12. The highest BCUT2D eigenvalue weighted by atomic mass is 32.1. The minimum Gasteiger partial charge on any atom is -0.357 e. The van der Waals surface area contributed by atoms with Gasteiger partial charge in [0, 0.05) is 20.1 Å². The Labute approximate surface area is 106 Å². The molecule has 0 saturated carbocycles. The quantitative estimate of drug-likeness (QED) is 0.885. The molecule has 2 heterocycles. The molecule has 0 saturated heterocycles. The Balaban J connectivity index is 2.52. The number of aromatic nitrogens is 2. The molecule has 5 heteroatoms. The summed E-state index contributed by atoms with van der Waals surface area (Å²) in [5.74, 6) is 1.74. The van der Waals surface area contributed by atoms with Crippen molar-refractivity contribution in [2.45, 2.75) is 20.3 Å². The van der Waals surface area contributed by atoms with Gasteiger partial charge in [0.25, 0.3) is 0 Å². The van der Waals surface area contributed by atoms with E-state index in [9.17, 15) is 0 Å². The van der Waals surface area contributed by atoms with Gasteiger partial charge < -0.3 is 10.2 Å². The summed E-state index contributed by atoms with van der Waals surface area (Å²) in [5.41, 5.74) is 0. The van der Waals surface area contributed by atoms with Gasteiger partial charge in [0.15, 0.2) is 0 Å². The van der Waals surface area contributed by atoms with Crippen molar-refractivity contribution < 1.29 is 0 Å². The van der Waals surface area contributed by atoms with Gasteiger partial charge in [0.1, 0.15) is 10.6 Å². The van der Waals surface area contributed by atoms with Crippen LogP contribution in [0.5, 0.6) is 0 Å². The SMILES string of the molecule is CCCN(CC)c1nc(NC)nc2sccc12. The molecule has 2 aromatic heterocycles. The van der Waals surface area contributed by atoms with Gasteiger partial charge in [-0.2, -0.15) is 4.98 Å². The lowest BCUT2D eigenvalue weighted by molar-refractivity contribution is 0.782. The average Bonchev–Trinajstić information content (AvgIpc) is 2.82. The van der Waals surface area contributed by atoms with Gasteiger partial charge in [-0.3, -0.25) is 0 Å². The Kier molecular flexibility index (Phi) is 3.78. The molecule has 0 unspecified atom stereocenters. The first-order valence-electron chi connectivity index (χ1n) is 5.98. The van der Waals surface area contributed by atoms with E-state index in [1.165, 1.54) is 0 Å². The van der Waals surface area contributed by atoms with Crippen LogP contribution >= 0.6 is 11.3 Å². The summed E-state index contributed by atoms with van der Waals surface area (Å²) in [7, 11) is 1.86. The molecular formula is C12H18N4S. The molecular weight excluding hydrogens is 232 g/mol. The van der Waals surface area contributed by atoms with E-state index in [0.29, 0.717) is 5.95 Å². The van der Waals surface area contributed by atoms with Crippen LogP contribution in [0.4, 0.5) is 11.8 Å². The van der Waals surface area contributed by atoms with Crippen LogP contribution in [0.2, 0.25) is 0 Å². The number of nitrogens with zero attached hydrogens (tertiary/aromatic N) is 3. The van der Waals surface area contributed by atoms with Crippen molar-refractivity contribution in [2.75, 3.05) is 30.4 Å². The van der Waals surface area contributed by atoms with Gasteiger partial charge in [0.2, 0.25) is 5.95 Å². The summed E-state index contributed by atoms with van der Waals surface area (Å²) < 4.78 is 0. The van der Waals surface area contributed by atoms with E-state index in [0.717, 1.165) is 35.5 Å². The fourth-order valence-electron chi connectivity index (χ4n) is 1.88. The maximum absolute atomic E-state index is 4.59. The van der Waals surface area contributed by atoms with Gasteiger partial charge in [-0.15, -0.1) is 11.3 Å². The molecule has 2 aromatic rings. The predicted octanol–water partition coefficient (Wildman–Crippen LogP) is 2.97. The van der Waals surface area contributed by atoms with Crippen LogP contribution < -0.4 is 10.2 Å². The summed E-state index contributed by atoms with van der Waals surface area (Å²) in [5, 5.41) is 6.26. The van der Waals surface area contributed by atoms with E-state index in [1.54, 1.807) is 11.3 Å². The average molecular weight is 250 g/mol. The monoisotopic (exact) mass is 250 g/mol. The van der Waals surface area contributed by atoms with Crippen molar-refractivity contribution in [3.05, 3.63) is 11.4 Å². The van der Waals surface area contributed by atoms with Crippen molar-refractivity contribution >= 4 is 33.3 Å². The lowest BCUT2D eigenvalue weighted by Crippen LogP contribution is -2.25. The van der Waals surface area contributed by atoms with Crippen molar-refractivity contribution in [1.82, 2.24) is 9.97 Å². The highest BCUT2D eigenvalue weighted by Gasteiger charge is 2.13. The molecule has 1 N–H and O–H groups in total. The molecule has 4 nitrogen and oxygen atoms in total. The molecule has 0 aliphatic carbocycles. The van der Waals surface area contributed by atoms with E-state index < -0.39 is 0 Å². The van der Waals surface area contributed by atoms with E-state index in [-0.39, 0.29) is 0 Å². The largest absolute Gasteiger partial charge is 0.357 e. The lowest BCUT2D eigenvalue weighted by Gasteiger charge is -2.22. The molecule has 0 radical (unpaired) electrons. The summed E-state index contributed by atoms with van der Waals surface area (Å²) >= 11 is 1.66. The first-order chi connectivity index (χ1) is 8.30. The third kappa shape index (κ3) is 2.34. The van der Waals surface area contributed by atoms with Crippen LogP contribution in [0.1, 0.15) is 20.3 Å². The fraction of sp³-hybridized carbons (Fsp3) is 0.500. The summed E-state index contributed by atoms with van der Waals surface area (Å²) in [6, 6.07) is 2.10. The maximum atomic E-state index is 4.59. The van der Waals surface area contributed by atoms with E-state index in [4.69, 9.17) is 0 Å². The van der Waals surface area contributed by atoms with Crippen LogP contribution in [0.15, 0.2) is 11.4 Å². The predicted molar refractivity (Wildman–Crippen MR) is 75.1 cm³/mol. The zero-order valence-electron chi connectivity index (χ0n) is 10.5. The Morgan fingerprint density at radius 1 is 1.35 bits per heavy atom. The van der Waals surface area contributed by atoms with Gasteiger partial charge in [0.05, 0.1) is 5.39 Å². The van der Waals surface area contributed by atoms with Gasteiger partial charge >= 0.3 is 0 Å². The van der Waals surface area contributed by atoms with Crippen LogP contribution in [0.25, 0.3) is 10.2 Å². The van der Waals surface area contributed by atoms with Crippen LogP contribution in [0, 0.1) is 0 Å². The third-order valence-electron chi connectivity index (χ3n) is 2.70. The minimum absolute atomic E-state index is 0.699. The molecule has 2 rings (SSSR count). The van der Waals surface area contributed by atoms with Crippen molar-refractivity contribution in [3.63, 3.8) is 0 Å². The van der Waals surface area contributed by atoms with Gasteiger partial charge in [-0.05, 0) is 24.8 Å². The second kappa shape index (κ2) is 5.31. The summed E-state index contributed by atoms with van der Waals surface area (Å²) in [4.78, 5) is 12.4. The molecule has 0 amide bonds. The normalized spacial score (nSPS) is 10.8. The van der Waals surface area contributed by atoms with E-state index in [2.05, 4.69) is 45.5 Å². The highest BCUT2D eigenvalue weighted by molar-refractivity contribution is 7.16. The number of hydrogen-bond donors (Lipinski definition) is 1. The van der Waals surface area contributed by atoms with Gasteiger partial charge in [-0.25, -0.2) is 4.98 Å². The zero-order chi connectivity index (χ0) is 12.3. The van der Waals surface area contributed by atoms with Crippen LogP contribution in [-0.2, 0) is 0 Å². The Bertz CT molecular complexity index is 494. The van der Waals surface area contributed by atoms with Gasteiger partial charge in [-0.1, -0.05) is 6.92 Å². The Hall–Kier alpha value is -1.36. The standard InChI is InChI=1S/C12H18N4S/c1-4-7-16(5-2)10-9-6-8-17-11(9)15-12(13-3)14-10/h6,8H,4-5,7H2,1-3H3,(H,13,14,15). The maximum Gasteiger partial charge on any atom is 0.225 e. The van der Waals surface area contributed by atoms with E-state index >= 15 is 0 Å². The molecule has 0 atom stereocenters. The fourth-order valence-corrected chi connectivity index (χ4v) is 2.63. The molecule has 0 aromatic carbocycles. The molecule has 0 bridgehead atoms. The van der Waals surface area contributed by atoms with Crippen LogP contribution in [-0.4, -0.2) is 30.1 Å². The molecule has 0 spiro atoms. The number of fused-ring (bicyclic) bond motifs is 1. The molecule has 0 aliphatic rings. The third-order valence-corrected chi connectivity index (χ3v) is 3.51. The van der Waals surface area contributed by atoms with E-state index in [1.807, 2.05) is 7.05 Å². The molecule has 0 fully saturated rings. The number of anilines is 2. The summed E-state index contributed by atoms with van der Waals surface area (Å²) in [6.45, 7) is 6.35. The van der Waals surface area contributed by atoms with Crippen molar-refractivity contribution in [1.29, 1.82) is 0 Å².